The third kappa shape index (κ3) is 10.8. The summed E-state index contributed by atoms with van der Waals surface area (Å²) >= 11 is 0. The maximum absolute atomic E-state index is 15.4. The Kier molecular flexibility index (Phi) is 13.5. The van der Waals surface area contributed by atoms with Crippen molar-refractivity contribution in [2.45, 2.75) is 70.9 Å². The van der Waals surface area contributed by atoms with Gasteiger partial charge in [-0.25, -0.2) is 8.78 Å². The summed E-state index contributed by atoms with van der Waals surface area (Å²) in [5.41, 5.74) is 8.40. The van der Waals surface area contributed by atoms with E-state index in [1.807, 2.05) is 48.7 Å². The van der Waals surface area contributed by atoms with E-state index in [0.29, 0.717) is 62.3 Å². The molecule has 0 spiro atoms. The van der Waals surface area contributed by atoms with E-state index < -0.39 is 47.2 Å². The molecule has 0 fully saturated rings. The molecular weight excluding hydrogens is 720 g/mol. The smallest absolute Gasteiger partial charge is 0.404 e. The van der Waals surface area contributed by atoms with Crippen molar-refractivity contribution in [2.75, 3.05) is 25.1 Å². The molecule has 3 aromatic carbocycles. The number of carbonyl (C=O) groups is 2. The Bertz CT molecular complexity index is 2060. The molecule has 4 aromatic rings. The Morgan fingerprint density at radius 2 is 1.67 bits per heavy atom. The summed E-state index contributed by atoms with van der Waals surface area (Å²) in [6, 6.07) is 14.3. The van der Waals surface area contributed by atoms with Crippen LogP contribution in [-0.2, 0) is 50.6 Å². The van der Waals surface area contributed by atoms with Crippen LogP contribution >= 0.6 is 0 Å². The normalized spacial score (nSPS) is 13.8. The van der Waals surface area contributed by atoms with E-state index in [2.05, 4.69) is 26.4 Å². The van der Waals surface area contributed by atoms with Gasteiger partial charge in [0.25, 0.3) is 0 Å². The number of nitrogens with zero attached hydrogens (tertiary/aromatic N) is 2. The molecule has 5 rings (SSSR count). The molecule has 0 atom stereocenters. The second-order valence-electron chi connectivity index (χ2n) is 13.7. The second-order valence-corrected chi connectivity index (χ2v) is 13.7. The van der Waals surface area contributed by atoms with Crippen LogP contribution in [0.1, 0.15) is 55.5 Å². The van der Waals surface area contributed by atoms with Gasteiger partial charge >= 0.3 is 6.29 Å². The Hall–Kier alpha value is -5.47. The zero-order valence-electron chi connectivity index (χ0n) is 30.7. The van der Waals surface area contributed by atoms with Crippen LogP contribution in [0.3, 0.4) is 0 Å². The number of allylic oxidation sites excluding steroid dienone is 2. The van der Waals surface area contributed by atoms with E-state index >= 15 is 4.39 Å². The van der Waals surface area contributed by atoms with Crippen molar-refractivity contribution in [3.05, 3.63) is 113 Å². The van der Waals surface area contributed by atoms with Gasteiger partial charge in [-0.05, 0) is 48.6 Å². The molecule has 2 heterocycles. The molecule has 0 aliphatic carbocycles. The van der Waals surface area contributed by atoms with Crippen molar-refractivity contribution in [3.63, 3.8) is 0 Å². The number of benzene rings is 3. The molecule has 0 bridgehead atoms. The predicted octanol–water partition coefficient (Wildman–Crippen LogP) is 7.90. The highest BCUT2D eigenvalue weighted by molar-refractivity contribution is 6.01. The minimum absolute atomic E-state index is 0.114. The first kappa shape index (κ1) is 40.7. The SMILES string of the molecule is C=CCn1c(C(C)(C)COCCCCCOCc2ccc(CN=C/C(C=O)=C\N)cc2)cc2cc(NC(=O)Cc3cc4c(cc3F)OC(F)(F)O4)c(F)cc21. The molecule has 0 unspecified atom stereocenters. The number of ether oxygens (including phenoxy) is 4. The fourth-order valence-corrected chi connectivity index (χ4v) is 6.07. The molecule has 55 heavy (non-hydrogen) atoms. The van der Waals surface area contributed by atoms with Crippen LogP contribution in [-0.4, -0.2) is 49.1 Å². The third-order valence-corrected chi connectivity index (χ3v) is 8.87. The minimum atomic E-state index is -3.93. The average Bonchev–Trinajstić information content (AvgIpc) is 3.65. The van der Waals surface area contributed by atoms with E-state index in [1.54, 1.807) is 6.08 Å². The van der Waals surface area contributed by atoms with Crippen molar-refractivity contribution >= 4 is 35.0 Å². The fourth-order valence-electron chi connectivity index (χ4n) is 6.07. The minimum Gasteiger partial charge on any atom is -0.404 e. The molecule has 0 saturated heterocycles. The number of nitrogens with one attached hydrogen (secondary N) is 1. The number of anilines is 1. The van der Waals surface area contributed by atoms with E-state index in [1.165, 1.54) is 24.5 Å². The number of fused-ring (bicyclic) bond motifs is 2. The standard InChI is InChI=1S/C41H44F4N4O6/c1-4-12-49-35-19-33(43)34(48-39(51)18-30-16-36-37(20-32(30)42)55-41(44,45)54-36)15-31(35)17-38(49)40(2,3)26-53-14-7-5-6-13-52-25-28-10-8-27(9-11-28)22-47-23-29(21-46)24-50/h4,8-11,15-17,19-21,23-24H,1,5-7,12-14,18,22,25-26,46H2,2-3H3,(H,48,51)/b29-21+,47-23?. The molecule has 10 nitrogen and oxygen atoms in total. The highest BCUT2D eigenvalue weighted by atomic mass is 19.3. The maximum atomic E-state index is 15.4. The number of hydrogen-bond acceptors (Lipinski definition) is 8. The first-order valence-electron chi connectivity index (χ1n) is 17.7. The zero-order valence-corrected chi connectivity index (χ0v) is 30.7. The third-order valence-electron chi connectivity index (χ3n) is 8.87. The molecular formula is C41H44F4N4O6. The highest BCUT2D eigenvalue weighted by Crippen LogP contribution is 2.42. The number of carbonyl (C=O) groups excluding carboxylic acids is 2. The monoisotopic (exact) mass is 764 g/mol. The summed E-state index contributed by atoms with van der Waals surface area (Å²) in [4.78, 5) is 27.8. The summed E-state index contributed by atoms with van der Waals surface area (Å²) in [6.45, 7) is 10.9. The van der Waals surface area contributed by atoms with Crippen LogP contribution in [0.15, 0.2) is 84.0 Å². The molecule has 3 N–H and O–H groups in total. The molecule has 1 aliphatic heterocycles. The maximum Gasteiger partial charge on any atom is 0.586 e. The van der Waals surface area contributed by atoms with Gasteiger partial charge in [-0.2, -0.15) is 0 Å². The van der Waals surface area contributed by atoms with Gasteiger partial charge < -0.3 is 34.6 Å². The fraction of sp³-hybridized carbons (Fsp3) is 0.341. The van der Waals surface area contributed by atoms with Crippen LogP contribution in [0.5, 0.6) is 11.5 Å². The van der Waals surface area contributed by atoms with E-state index in [-0.39, 0.29) is 11.3 Å². The van der Waals surface area contributed by atoms with Crippen LogP contribution in [0.4, 0.5) is 23.2 Å². The lowest BCUT2D eigenvalue weighted by Crippen LogP contribution is -2.28. The number of nitrogens with two attached hydrogens (primary N) is 1. The van der Waals surface area contributed by atoms with Gasteiger partial charge in [0.15, 0.2) is 17.8 Å². The molecule has 1 amide bonds. The number of aliphatic imine (C=N–C) groups is 1. The number of alkyl halides is 2. The molecule has 292 valence electrons. The van der Waals surface area contributed by atoms with Crippen LogP contribution in [0.2, 0.25) is 0 Å². The first-order valence-corrected chi connectivity index (χ1v) is 17.7. The zero-order chi connectivity index (χ0) is 39.6. The van der Waals surface area contributed by atoms with Crippen molar-refractivity contribution in [1.82, 2.24) is 4.57 Å². The second kappa shape index (κ2) is 18.2. The lowest BCUT2D eigenvalue weighted by Gasteiger charge is -2.26. The number of hydrogen-bond donors (Lipinski definition) is 2. The van der Waals surface area contributed by atoms with Crippen molar-refractivity contribution in [2.24, 2.45) is 10.7 Å². The Balaban J connectivity index is 1.08. The van der Waals surface area contributed by atoms with Crippen molar-refractivity contribution in [1.29, 1.82) is 0 Å². The van der Waals surface area contributed by atoms with Gasteiger partial charge in [0.2, 0.25) is 5.91 Å². The topological polar surface area (TPSA) is 126 Å². The quantitative estimate of drug-likeness (QED) is 0.0234. The van der Waals surface area contributed by atoms with Gasteiger partial charge in [-0.3, -0.25) is 14.6 Å². The average molecular weight is 765 g/mol. The van der Waals surface area contributed by atoms with Gasteiger partial charge in [-0.1, -0.05) is 44.2 Å². The van der Waals surface area contributed by atoms with Gasteiger partial charge in [0, 0.05) is 71.9 Å². The van der Waals surface area contributed by atoms with Crippen molar-refractivity contribution < 1.29 is 46.1 Å². The highest BCUT2D eigenvalue weighted by Gasteiger charge is 2.44. The number of halogens is 4. The lowest BCUT2D eigenvalue weighted by atomic mass is 9.90. The number of aldehydes is 1. The molecule has 0 radical (unpaired) electrons. The van der Waals surface area contributed by atoms with Crippen LogP contribution in [0, 0.1) is 11.6 Å². The number of unbranched alkanes of at least 4 members (excludes halogenated alkanes) is 2. The molecule has 0 saturated carbocycles. The summed E-state index contributed by atoms with van der Waals surface area (Å²) in [5.74, 6) is -3.28. The first-order chi connectivity index (χ1) is 26.3. The van der Waals surface area contributed by atoms with Crippen LogP contribution < -0.4 is 20.5 Å². The van der Waals surface area contributed by atoms with E-state index in [0.717, 1.165) is 48.2 Å². The molecule has 1 aliphatic rings. The number of rotatable bonds is 20. The number of amides is 1. The Morgan fingerprint density at radius 1 is 0.982 bits per heavy atom. The summed E-state index contributed by atoms with van der Waals surface area (Å²) in [6.07, 6.45) is 3.20. The Labute approximate surface area is 316 Å². The van der Waals surface area contributed by atoms with E-state index in [9.17, 15) is 22.8 Å². The summed E-state index contributed by atoms with van der Waals surface area (Å²) in [5, 5.41) is 3.13. The van der Waals surface area contributed by atoms with Gasteiger partial charge in [-0.15, -0.1) is 15.4 Å². The predicted molar refractivity (Wildman–Crippen MR) is 201 cm³/mol. The Morgan fingerprint density at radius 3 is 2.36 bits per heavy atom. The summed E-state index contributed by atoms with van der Waals surface area (Å²) in [7, 11) is 0. The molecule has 14 heteroatoms. The largest absolute Gasteiger partial charge is 0.586 e. The number of aromatic nitrogens is 1. The van der Waals surface area contributed by atoms with E-state index in [4.69, 9.17) is 15.2 Å². The van der Waals surface area contributed by atoms with Gasteiger partial charge in [0.05, 0.1) is 37.4 Å². The summed E-state index contributed by atoms with van der Waals surface area (Å²) < 4.78 is 79.2. The van der Waals surface area contributed by atoms with Gasteiger partial charge in [0.1, 0.15) is 11.6 Å². The van der Waals surface area contributed by atoms with Crippen molar-refractivity contribution in [3.8, 4) is 11.5 Å². The molecule has 1 aromatic heterocycles. The van der Waals surface area contributed by atoms with Crippen LogP contribution in [0.25, 0.3) is 10.9 Å². The lowest BCUT2D eigenvalue weighted by molar-refractivity contribution is -0.286.